The van der Waals surface area contributed by atoms with Crippen LogP contribution in [0.3, 0.4) is 0 Å². The zero-order valence-corrected chi connectivity index (χ0v) is 10.5. The molecule has 1 aromatic rings. The third kappa shape index (κ3) is 3.82. The van der Waals surface area contributed by atoms with Crippen LogP contribution >= 0.6 is 0 Å². The van der Waals surface area contributed by atoms with Crippen LogP contribution in [-0.2, 0) is 4.74 Å². The molecular formula is C13H18FNO2. The molecule has 0 N–H and O–H groups in total. The van der Waals surface area contributed by atoms with Gasteiger partial charge in [-0.1, -0.05) is 0 Å². The number of nitrogens with zero attached hydrogens (tertiary/aromatic N) is 1. The highest BCUT2D eigenvalue weighted by Crippen LogP contribution is 2.21. The Bertz CT molecular complexity index is 393. The summed E-state index contributed by atoms with van der Waals surface area (Å²) >= 11 is 0. The van der Waals surface area contributed by atoms with Crippen LogP contribution in [0, 0.1) is 5.82 Å². The zero-order chi connectivity index (χ0) is 12.8. The zero-order valence-electron chi connectivity index (χ0n) is 10.5. The summed E-state index contributed by atoms with van der Waals surface area (Å²) in [6.45, 7) is 2.88. The fourth-order valence-electron chi connectivity index (χ4n) is 1.69. The van der Waals surface area contributed by atoms with E-state index in [1.807, 2.05) is 11.9 Å². The number of halogens is 1. The molecule has 3 nitrogen and oxygen atoms in total. The molecule has 0 heterocycles. The summed E-state index contributed by atoms with van der Waals surface area (Å²) in [5.41, 5.74) is 1.18. The van der Waals surface area contributed by atoms with Gasteiger partial charge in [0.15, 0.2) is 5.78 Å². The van der Waals surface area contributed by atoms with Gasteiger partial charge < -0.3 is 9.64 Å². The minimum Gasteiger partial charge on any atom is -0.385 e. The molecule has 0 aromatic heterocycles. The van der Waals surface area contributed by atoms with Crippen molar-refractivity contribution in [1.82, 2.24) is 0 Å². The SMILES string of the molecule is COCCCN(C)c1ccc(F)cc1C(C)=O. The van der Waals surface area contributed by atoms with Gasteiger partial charge in [0.25, 0.3) is 0 Å². The Balaban J connectivity index is 2.84. The Hall–Kier alpha value is -1.42. The summed E-state index contributed by atoms with van der Waals surface area (Å²) in [5, 5.41) is 0. The van der Waals surface area contributed by atoms with Crippen molar-refractivity contribution in [2.45, 2.75) is 13.3 Å². The summed E-state index contributed by atoms with van der Waals surface area (Å²) in [6.07, 6.45) is 0.863. The maximum Gasteiger partial charge on any atom is 0.161 e. The number of ether oxygens (including phenoxy) is 1. The first kappa shape index (κ1) is 13.6. The summed E-state index contributed by atoms with van der Waals surface area (Å²) in [7, 11) is 3.54. The van der Waals surface area contributed by atoms with E-state index >= 15 is 0 Å². The Kier molecular flexibility index (Phi) is 5.10. The van der Waals surface area contributed by atoms with Crippen LogP contribution in [0.4, 0.5) is 10.1 Å². The normalized spacial score (nSPS) is 10.4. The lowest BCUT2D eigenvalue weighted by molar-refractivity contribution is 0.101. The van der Waals surface area contributed by atoms with E-state index in [-0.39, 0.29) is 11.6 Å². The van der Waals surface area contributed by atoms with Crippen LogP contribution in [0.2, 0.25) is 0 Å². The van der Waals surface area contributed by atoms with Gasteiger partial charge >= 0.3 is 0 Å². The van der Waals surface area contributed by atoms with Gasteiger partial charge in [-0.3, -0.25) is 4.79 Å². The van der Waals surface area contributed by atoms with E-state index in [0.29, 0.717) is 12.2 Å². The molecule has 1 aromatic carbocycles. The Labute approximate surface area is 101 Å². The summed E-state index contributed by atoms with van der Waals surface area (Å²) in [5.74, 6) is -0.512. The number of rotatable bonds is 6. The van der Waals surface area contributed by atoms with E-state index in [0.717, 1.165) is 18.7 Å². The lowest BCUT2D eigenvalue weighted by Gasteiger charge is -2.21. The molecule has 0 bridgehead atoms. The van der Waals surface area contributed by atoms with Crippen molar-refractivity contribution < 1.29 is 13.9 Å². The highest BCUT2D eigenvalue weighted by Gasteiger charge is 2.11. The number of methoxy groups -OCH3 is 1. The minimum atomic E-state index is -0.385. The number of Topliss-reactive ketones (excluding diaryl/α,β-unsaturated/α-hetero) is 1. The predicted molar refractivity (Wildman–Crippen MR) is 66.2 cm³/mol. The quantitative estimate of drug-likeness (QED) is 0.564. The number of anilines is 1. The van der Waals surface area contributed by atoms with Crippen molar-refractivity contribution in [3.05, 3.63) is 29.6 Å². The molecule has 4 heteroatoms. The van der Waals surface area contributed by atoms with E-state index in [9.17, 15) is 9.18 Å². The van der Waals surface area contributed by atoms with E-state index in [1.54, 1.807) is 13.2 Å². The molecule has 0 aliphatic rings. The van der Waals surface area contributed by atoms with E-state index in [4.69, 9.17) is 4.74 Å². The van der Waals surface area contributed by atoms with Crippen LogP contribution < -0.4 is 4.90 Å². The van der Waals surface area contributed by atoms with Crippen molar-refractivity contribution in [3.63, 3.8) is 0 Å². The fraction of sp³-hybridized carbons (Fsp3) is 0.462. The highest BCUT2D eigenvalue weighted by atomic mass is 19.1. The van der Waals surface area contributed by atoms with Crippen molar-refractivity contribution in [1.29, 1.82) is 0 Å². The molecule has 0 unspecified atom stereocenters. The third-order valence-corrected chi connectivity index (χ3v) is 2.59. The van der Waals surface area contributed by atoms with Crippen LogP contribution in [0.15, 0.2) is 18.2 Å². The van der Waals surface area contributed by atoms with Gasteiger partial charge in [0.2, 0.25) is 0 Å². The van der Waals surface area contributed by atoms with E-state index < -0.39 is 0 Å². The molecular weight excluding hydrogens is 221 g/mol. The van der Waals surface area contributed by atoms with Crippen LogP contribution in [-0.4, -0.2) is 33.1 Å². The lowest BCUT2D eigenvalue weighted by atomic mass is 10.1. The predicted octanol–water partition coefficient (Wildman–Crippen LogP) is 2.50. The Morgan fingerprint density at radius 2 is 2.18 bits per heavy atom. The molecule has 0 spiro atoms. The Morgan fingerprint density at radius 3 is 2.76 bits per heavy atom. The topological polar surface area (TPSA) is 29.5 Å². The molecule has 0 aliphatic carbocycles. The standard InChI is InChI=1S/C13H18FNO2/c1-10(16)12-9-11(14)5-6-13(12)15(2)7-4-8-17-3/h5-6,9H,4,7-8H2,1-3H3. The fourth-order valence-corrected chi connectivity index (χ4v) is 1.69. The second-order valence-electron chi connectivity index (χ2n) is 3.99. The molecule has 0 aliphatic heterocycles. The molecule has 0 atom stereocenters. The second-order valence-corrected chi connectivity index (χ2v) is 3.99. The van der Waals surface area contributed by atoms with Gasteiger partial charge in [0.05, 0.1) is 0 Å². The molecule has 94 valence electrons. The van der Waals surface area contributed by atoms with Crippen LogP contribution in [0.1, 0.15) is 23.7 Å². The number of carbonyl (C=O) groups excluding carboxylic acids is 1. The average molecular weight is 239 g/mol. The first-order chi connectivity index (χ1) is 8.06. The number of benzene rings is 1. The number of ketones is 1. The lowest BCUT2D eigenvalue weighted by Crippen LogP contribution is -2.21. The smallest absolute Gasteiger partial charge is 0.161 e. The number of carbonyl (C=O) groups is 1. The van der Waals surface area contributed by atoms with Crippen LogP contribution in [0.5, 0.6) is 0 Å². The molecule has 1 rings (SSSR count). The average Bonchev–Trinajstić information content (AvgIpc) is 2.29. The van der Waals surface area contributed by atoms with Gasteiger partial charge in [-0.05, 0) is 31.5 Å². The second kappa shape index (κ2) is 6.35. The maximum atomic E-state index is 13.1. The Morgan fingerprint density at radius 1 is 1.47 bits per heavy atom. The van der Waals surface area contributed by atoms with Crippen molar-refractivity contribution in [3.8, 4) is 0 Å². The highest BCUT2D eigenvalue weighted by molar-refractivity contribution is 5.99. The largest absolute Gasteiger partial charge is 0.385 e. The minimum absolute atomic E-state index is 0.127. The van der Waals surface area contributed by atoms with Crippen LogP contribution in [0.25, 0.3) is 0 Å². The van der Waals surface area contributed by atoms with Gasteiger partial charge in [-0.15, -0.1) is 0 Å². The van der Waals surface area contributed by atoms with Gasteiger partial charge in [0.1, 0.15) is 5.82 Å². The number of hydrogen-bond donors (Lipinski definition) is 0. The van der Waals surface area contributed by atoms with E-state index in [1.165, 1.54) is 19.1 Å². The summed E-state index contributed by atoms with van der Waals surface area (Å²) in [4.78, 5) is 13.4. The van der Waals surface area contributed by atoms with Crippen molar-refractivity contribution in [2.24, 2.45) is 0 Å². The molecule has 17 heavy (non-hydrogen) atoms. The van der Waals surface area contributed by atoms with E-state index in [2.05, 4.69) is 0 Å². The first-order valence-electron chi connectivity index (χ1n) is 5.57. The number of hydrogen-bond acceptors (Lipinski definition) is 3. The van der Waals surface area contributed by atoms with Gasteiger partial charge in [0, 0.05) is 38.6 Å². The molecule has 0 saturated carbocycles. The maximum absolute atomic E-state index is 13.1. The summed E-state index contributed by atoms with van der Waals surface area (Å²) < 4.78 is 18.1. The van der Waals surface area contributed by atoms with Crippen molar-refractivity contribution in [2.75, 3.05) is 32.2 Å². The molecule has 0 radical (unpaired) electrons. The molecule has 0 amide bonds. The molecule has 0 fully saturated rings. The van der Waals surface area contributed by atoms with Gasteiger partial charge in [-0.2, -0.15) is 0 Å². The monoisotopic (exact) mass is 239 g/mol. The van der Waals surface area contributed by atoms with Crippen molar-refractivity contribution >= 4 is 11.5 Å². The molecule has 0 saturated heterocycles. The third-order valence-electron chi connectivity index (χ3n) is 2.59. The van der Waals surface area contributed by atoms with Gasteiger partial charge in [-0.25, -0.2) is 4.39 Å². The first-order valence-corrected chi connectivity index (χ1v) is 5.57. The summed E-state index contributed by atoms with van der Waals surface area (Å²) in [6, 6.07) is 4.29.